The van der Waals surface area contributed by atoms with Gasteiger partial charge < -0.3 is 0 Å². The third-order valence-electron chi connectivity index (χ3n) is 0.910. The Morgan fingerprint density at radius 2 is 2.30 bits per heavy atom. The van der Waals surface area contributed by atoms with Crippen molar-refractivity contribution in [2.45, 2.75) is 6.92 Å². The van der Waals surface area contributed by atoms with Gasteiger partial charge in [-0.05, 0) is 13.0 Å². The molecule has 0 heterocycles. The minimum absolute atomic E-state index is 0.0832. The molecule has 0 atom stereocenters. The summed E-state index contributed by atoms with van der Waals surface area (Å²) in [7, 11) is 0. The molecule has 54 valence electrons. The van der Waals surface area contributed by atoms with Crippen LogP contribution in [0.3, 0.4) is 0 Å². The molecule has 3 heteroatoms. The predicted molar refractivity (Wildman–Crippen MR) is 40.1 cm³/mol. The molecule has 0 aromatic carbocycles. The highest BCUT2D eigenvalue weighted by Crippen LogP contribution is 1.96. The minimum Gasteiger partial charge on any atom is -0.258 e. The Bertz CT molecular complexity index is 192. The zero-order chi connectivity index (χ0) is 7.98. The van der Waals surface area contributed by atoms with Crippen molar-refractivity contribution < 1.29 is 4.92 Å². The van der Waals surface area contributed by atoms with Gasteiger partial charge in [0.1, 0.15) is 0 Å². The van der Waals surface area contributed by atoms with Crippen LogP contribution in [0.25, 0.3) is 0 Å². The lowest BCUT2D eigenvalue weighted by atomic mass is 10.4. The Morgan fingerprint density at radius 3 is 2.60 bits per heavy atom. The van der Waals surface area contributed by atoms with E-state index in [0.29, 0.717) is 0 Å². The van der Waals surface area contributed by atoms with Gasteiger partial charge in [0.15, 0.2) is 0 Å². The minimum atomic E-state index is -0.444. The van der Waals surface area contributed by atoms with Gasteiger partial charge in [-0.1, -0.05) is 18.7 Å². The molecule has 0 rings (SSSR count). The summed E-state index contributed by atoms with van der Waals surface area (Å²) >= 11 is 0. The number of hydrogen-bond donors (Lipinski definition) is 0. The number of nitrogens with zero attached hydrogens (tertiary/aromatic N) is 1. The number of hydrogen-bond acceptors (Lipinski definition) is 2. The van der Waals surface area contributed by atoms with Gasteiger partial charge in [0, 0.05) is 6.08 Å². The van der Waals surface area contributed by atoms with E-state index >= 15 is 0 Å². The second-order valence-corrected chi connectivity index (χ2v) is 1.57. The van der Waals surface area contributed by atoms with Gasteiger partial charge in [0.25, 0.3) is 5.70 Å². The molecule has 3 nitrogen and oxygen atoms in total. The Kier molecular flexibility index (Phi) is 3.87. The third kappa shape index (κ3) is 2.81. The molecule has 0 unspecified atom stereocenters. The van der Waals surface area contributed by atoms with Crippen LogP contribution in [0.2, 0.25) is 0 Å². The Morgan fingerprint density at radius 1 is 1.70 bits per heavy atom. The smallest absolute Gasteiger partial charge is 0.258 e. The molecule has 0 fully saturated rings. The molecular formula is C7H9NO2. The van der Waals surface area contributed by atoms with E-state index in [4.69, 9.17) is 0 Å². The van der Waals surface area contributed by atoms with Crippen molar-refractivity contribution in [3.63, 3.8) is 0 Å². The van der Waals surface area contributed by atoms with Crippen LogP contribution >= 0.6 is 0 Å². The summed E-state index contributed by atoms with van der Waals surface area (Å²) in [5.41, 5.74) is 0.0832. The van der Waals surface area contributed by atoms with Gasteiger partial charge in [0.2, 0.25) is 0 Å². The quantitative estimate of drug-likeness (QED) is 0.340. The molecule has 0 aliphatic carbocycles. The zero-order valence-electron chi connectivity index (χ0n) is 5.78. The Labute approximate surface area is 59.5 Å². The molecule has 0 aromatic heterocycles. The van der Waals surface area contributed by atoms with Crippen LogP contribution < -0.4 is 0 Å². The summed E-state index contributed by atoms with van der Waals surface area (Å²) < 4.78 is 0. The van der Waals surface area contributed by atoms with Gasteiger partial charge in [-0.15, -0.1) is 0 Å². The lowest BCUT2D eigenvalue weighted by molar-refractivity contribution is -0.419. The summed E-state index contributed by atoms with van der Waals surface area (Å²) in [4.78, 5) is 9.64. The van der Waals surface area contributed by atoms with Crippen molar-refractivity contribution in [1.82, 2.24) is 0 Å². The maximum atomic E-state index is 10.1. The van der Waals surface area contributed by atoms with Gasteiger partial charge in [0.05, 0.1) is 4.92 Å². The van der Waals surface area contributed by atoms with Crippen LogP contribution in [-0.2, 0) is 0 Å². The van der Waals surface area contributed by atoms with Crippen LogP contribution in [0, 0.1) is 10.1 Å². The predicted octanol–water partition coefficient (Wildman–Crippen LogP) is 1.91. The largest absolute Gasteiger partial charge is 0.265 e. The van der Waals surface area contributed by atoms with Crippen molar-refractivity contribution in [2.75, 3.05) is 0 Å². The molecule has 0 radical (unpaired) electrons. The first kappa shape index (κ1) is 8.62. The van der Waals surface area contributed by atoms with Crippen molar-refractivity contribution in [1.29, 1.82) is 0 Å². The third-order valence-corrected chi connectivity index (χ3v) is 0.910. The summed E-state index contributed by atoms with van der Waals surface area (Å²) in [6.07, 6.45) is 5.85. The fourth-order valence-corrected chi connectivity index (χ4v) is 0.429. The highest BCUT2D eigenvalue weighted by atomic mass is 16.6. The molecule has 0 bridgehead atoms. The van der Waals surface area contributed by atoms with Crippen LogP contribution in [-0.4, -0.2) is 4.92 Å². The average Bonchev–Trinajstić information content (AvgIpc) is 1.89. The van der Waals surface area contributed by atoms with Crippen molar-refractivity contribution >= 4 is 0 Å². The van der Waals surface area contributed by atoms with E-state index in [1.807, 2.05) is 0 Å². The molecule has 0 aliphatic rings. The Balaban J connectivity index is 4.25. The number of nitro groups is 1. The first-order chi connectivity index (χ1) is 4.72. The SMILES string of the molecule is C=C/C=C\C(=C/C)[N+](=O)[O-]. The Hall–Kier alpha value is -1.38. The van der Waals surface area contributed by atoms with Crippen LogP contribution in [0.5, 0.6) is 0 Å². The summed E-state index contributed by atoms with van der Waals surface area (Å²) in [6.45, 7) is 5.01. The lowest BCUT2D eigenvalue weighted by Gasteiger charge is -1.85. The normalized spacial score (nSPS) is 11.9. The van der Waals surface area contributed by atoms with Crippen LogP contribution in [0.15, 0.2) is 36.6 Å². The van der Waals surface area contributed by atoms with Crippen molar-refractivity contribution in [3.8, 4) is 0 Å². The van der Waals surface area contributed by atoms with Gasteiger partial charge in [-0.2, -0.15) is 0 Å². The topological polar surface area (TPSA) is 43.1 Å². The molecular weight excluding hydrogens is 130 g/mol. The van der Waals surface area contributed by atoms with E-state index < -0.39 is 4.92 Å². The molecule has 0 saturated heterocycles. The van der Waals surface area contributed by atoms with E-state index in [1.54, 1.807) is 6.92 Å². The van der Waals surface area contributed by atoms with E-state index in [-0.39, 0.29) is 5.70 Å². The van der Waals surface area contributed by atoms with Gasteiger partial charge in [-0.3, -0.25) is 10.1 Å². The lowest BCUT2D eigenvalue weighted by Crippen LogP contribution is -1.93. The molecule has 0 aliphatic heterocycles. The van der Waals surface area contributed by atoms with E-state index in [2.05, 4.69) is 6.58 Å². The number of allylic oxidation sites excluding steroid dienone is 4. The molecule has 0 spiro atoms. The fraction of sp³-hybridized carbons (Fsp3) is 0.143. The van der Waals surface area contributed by atoms with Crippen molar-refractivity contribution in [3.05, 3.63) is 46.7 Å². The van der Waals surface area contributed by atoms with E-state index in [9.17, 15) is 10.1 Å². The maximum absolute atomic E-state index is 10.1. The van der Waals surface area contributed by atoms with E-state index in [1.165, 1.54) is 24.3 Å². The summed E-state index contributed by atoms with van der Waals surface area (Å²) in [5, 5.41) is 10.1. The second-order valence-electron chi connectivity index (χ2n) is 1.57. The maximum Gasteiger partial charge on any atom is 0.265 e. The first-order valence-corrected chi connectivity index (χ1v) is 2.82. The van der Waals surface area contributed by atoms with E-state index in [0.717, 1.165) is 0 Å². The standard InChI is InChI=1S/C7H9NO2/c1-3-5-6-7(4-2)8(9)10/h3-6H,1H2,2H3/b6-5-,7-4+. The monoisotopic (exact) mass is 139 g/mol. The molecule has 0 aromatic rings. The highest BCUT2D eigenvalue weighted by molar-refractivity contribution is 5.14. The van der Waals surface area contributed by atoms with Crippen molar-refractivity contribution in [2.24, 2.45) is 0 Å². The van der Waals surface area contributed by atoms with Gasteiger partial charge in [-0.25, -0.2) is 0 Å². The zero-order valence-corrected chi connectivity index (χ0v) is 5.78. The van der Waals surface area contributed by atoms with Crippen LogP contribution in [0.4, 0.5) is 0 Å². The highest BCUT2D eigenvalue weighted by Gasteiger charge is 2.00. The average molecular weight is 139 g/mol. The summed E-state index contributed by atoms with van der Waals surface area (Å²) in [5.74, 6) is 0. The molecule has 10 heavy (non-hydrogen) atoms. The van der Waals surface area contributed by atoms with Gasteiger partial charge >= 0.3 is 0 Å². The fourth-order valence-electron chi connectivity index (χ4n) is 0.429. The first-order valence-electron chi connectivity index (χ1n) is 2.82. The van der Waals surface area contributed by atoms with Crippen LogP contribution in [0.1, 0.15) is 6.92 Å². The molecule has 0 amide bonds. The second kappa shape index (κ2) is 4.49. The number of rotatable bonds is 3. The molecule has 0 saturated carbocycles. The molecule has 0 N–H and O–H groups in total. The summed E-state index contributed by atoms with van der Waals surface area (Å²) in [6, 6.07) is 0.